The van der Waals surface area contributed by atoms with Gasteiger partial charge in [0, 0.05) is 11.1 Å². The van der Waals surface area contributed by atoms with Gasteiger partial charge in [0.15, 0.2) is 10.8 Å². The molecular weight excluding hydrogens is 405 g/mol. The number of carboxylic acids is 1. The van der Waals surface area contributed by atoms with Crippen LogP contribution in [0, 0.1) is 0 Å². The van der Waals surface area contributed by atoms with Crippen molar-refractivity contribution in [1.29, 1.82) is 0 Å². The zero-order chi connectivity index (χ0) is 19.0. The quantitative estimate of drug-likeness (QED) is 0.242. The number of aliphatic carboxylic acids is 1. The van der Waals surface area contributed by atoms with Crippen molar-refractivity contribution in [2.24, 2.45) is 5.16 Å². The molecular formula is C14H16N5NaO5S2. The zero-order valence-electron chi connectivity index (χ0n) is 13.8. The molecule has 3 heterocycles. The van der Waals surface area contributed by atoms with Gasteiger partial charge in [-0.05, 0) is 12.5 Å². The SMILES string of the molecule is CO/N=C(\C(=O)NC1C(=O)N2C(C(=O)O)=C(C)CS[C@H]12)c1csc(N)n1.[NaH]. The Morgan fingerprint density at radius 2 is 2.22 bits per heavy atom. The Morgan fingerprint density at radius 3 is 2.78 bits per heavy atom. The molecule has 0 radical (unpaired) electrons. The van der Waals surface area contributed by atoms with Crippen LogP contribution < -0.4 is 11.1 Å². The number of hydrogen-bond acceptors (Lipinski definition) is 9. The second-order valence-corrected chi connectivity index (χ2v) is 7.48. The van der Waals surface area contributed by atoms with Crippen molar-refractivity contribution in [1.82, 2.24) is 15.2 Å². The first kappa shape index (κ1) is 21.7. The number of nitrogens with one attached hydrogen (secondary N) is 1. The molecule has 1 fully saturated rings. The third kappa shape index (κ3) is 3.99. The standard InChI is InChI=1S/C14H15N5O5S2.Na.H/c1-5-3-25-12-8(11(21)19(12)9(5)13(22)23)17-10(20)7(18-24-2)6-4-26-14(15)16-6;;/h4,8,12H,3H2,1-2H3,(H2,15,16)(H,17,20)(H,22,23);;/b18-7-;;/t8?,12-;;/m1../s1. The van der Waals surface area contributed by atoms with Crippen LogP contribution in [0.2, 0.25) is 0 Å². The van der Waals surface area contributed by atoms with Gasteiger partial charge in [0.25, 0.3) is 11.8 Å². The van der Waals surface area contributed by atoms with Crippen LogP contribution in [-0.2, 0) is 19.2 Å². The van der Waals surface area contributed by atoms with Crippen LogP contribution in [-0.4, -0.2) is 92.3 Å². The fourth-order valence-corrected chi connectivity index (χ4v) is 4.52. The van der Waals surface area contributed by atoms with Gasteiger partial charge < -0.3 is 21.0 Å². The molecule has 10 nitrogen and oxygen atoms in total. The zero-order valence-corrected chi connectivity index (χ0v) is 15.4. The number of β-lactam (4-membered cyclic amide) rings is 1. The third-order valence-electron chi connectivity index (χ3n) is 3.81. The van der Waals surface area contributed by atoms with Gasteiger partial charge in [0.2, 0.25) is 0 Å². The molecule has 3 rings (SSSR count). The Labute approximate surface area is 184 Å². The molecule has 1 aromatic heterocycles. The molecule has 2 aliphatic heterocycles. The second kappa shape index (κ2) is 8.61. The predicted molar refractivity (Wildman–Crippen MR) is 103 cm³/mol. The average Bonchev–Trinajstić information content (AvgIpc) is 3.02. The number of thiazole rings is 1. The molecule has 1 unspecified atom stereocenters. The van der Waals surface area contributed by atoms with E-state index < -0.39 is 29.2 Å². The Balaban J connectivity index is 0.00000261. The minimum atomic E-state index is -1.16. The number of thioether (sulfide) groups is 1. The van der Waals surface area contributed by atoms with Gasteiger partial charge in [-0.1, -0.05) is 5.16 Å². The summed E-state index contributed by atoms with van der Waals surface area (Å²) in [6.45, 7) is 1.67. The van der Waals surface area contributed by atoms with E-state index in [0.717, 1.165) is 11.3 Å². The number of amides is 2. The van der Waals surface area contributed by atoms with Gasteiger partial charge in [0.05, 0.1) is 0 Å². The first-order chi connectivity index (χ1) is 12.3. The summed E-state index contributed by atoms with van der Waals surface area (Å²) in [4.78, 5) is 46.2. The van der Waals surface area contributed by atoms with Gasteiger partial charge in [-0.25, -0.2) is 9.78 Å². The van der Waals surface area contributed by atoms with Crippen molar-refractivity contribution in [3.05, 3.63) is 22.3 Å². The molecule has 0 bridgehead atoms. The molecule has 13 heteroatoms. The van der Waals surface area contributed by atoms with E-state index in [1.807, 2.05) is 0 Å². The Hall–Kier alpha value is -1.60. The van der Waals surface area contributed by atoms with Crippen molar-refractivity contribution in [2.75, 3.05) is 18.6 Å². The maximum absolute atomic E-state index is 12.5. The predicted octanol–water partition coefficient (Wildman–Crippen LogP) is -0.814. The number of carbonyl (C=O) groups excluding carboxylic acids is 2. The van der Waals surface area contributed by atoms with E-state index in [1.54, 1.807) is 12.3 Å². The molecule has 2 amide bonds. The molecule has 140 valence electrons. The van der Waals surface area contributed by atoms with E-state index in [2.05, 4.69) is 20.3 Å². The summed E-state index contributed by atoms with van der Waals surface area (Å²) in [5.41, 5.74) is 6.27. The normalized spacial score (nSPS) is 21.8. The molecule has 0 saturated carbocycles. The molecule has 1 aromatic rings. The maximum atomic E-state index is 12.5. The van der Waals surface area contributed by atoms with E-state index in [-0.39, 0.29) is 51.8 Å². The van der Waals surface area contributed by atoms with E-state index in [0.29, 0.717) is 11.3 Å². The summed E-state index contributed by atoms with van der Waals surface area (Å²) in [6, 6.07) is -0.854. The van der Waals surface area contributed by atoms with Crippen LogP contribution in [0.1, 0.15) is 12.6 Å². The molecule has 0 spiro atoms. The molecule has 0 aromatic carbocycles. The number of rotatable bonds is 5. The Bertz CT molecular complexity index is 855. The van der Waals surface area contributed by atoms with Crippen molar-refractivity contribution >= 4 is 81.3 Å². The minimum absolute atomic E-state index is 0. The van der Waals surface area contributed by atoms with Gasteiger partial charge in [-0.15, -0.1) is 23.1 Å². The fraction of sp³-hybridized carbons (Fsp3) is 0.357. The molecule has 0 aliphatic carbocycles. The third-order valence-corrected chi connectivity index (χ3v) is 5.91. The first-order valence-electron chi connectivity index (χ1n) is 7.36. The molecule has 2 aliphatic rings. The molecule has 1 saturated heterocycles. The van der Waals surface area contributed by atoms with Gasteiger partial charge in [-0.2, -0.15) is 0 Å². The topological polar surface area (TPSA) is 147 Å². The van der Waals surface area contributed by atoms with Gasteiger partial charge >= 0.3 is 35.5 Å². The summed E-state index contributed by atoms with van der Waals surface area (Å²) in [5.74, 6) is -1.84. The fourth-order valence-electron chi connectivity index (χ4n) is 2.68. The van der Waals surface area contributed by atoms with Gasteiger partial charge in [0.1, 0.15) is 29.9 Å². The summed E-state index contributed by atoms with van der Waals surface area (Å²) < 4.78 is 0. The number of nitrogens with two attached hydrogens (primary N) is 1. The van der Waals surface area contributed by atoms with Crippen LogP contribution in [0.15, 0.2) is 21.8 Å². The summed E-state index contributed by atoms with van der Waals surface area (Å²) in [7, 11) is 1.28. The van der Waals surface area contributed by atoms with Crippen LogP contribution in [0.4, 0.5) is 5.13 Å². The van der Waals surface area contributed by atoms with Crippen molar-refractivity contribution in [2.45, 2.75) is 18.3 Å². The van der Waals surface area contributed by atoms with E-state index in [9.17, 15) is 19.5 Å². The van der Waals surface area contributed by atoms with Crippen LogP contribution in [0.25, 0.3) is 0 Å². The van der Waals surface area contributed by atoms with Crippen molar-refractivity contribution < 1.29 is 24.3 Å². The Morgan fingerprint density at radius 1 is 1.52 bits per heavy atom. The van der Waals surface area contributed by atoms with E-state index in [4.69, 9.17) is 5.73 Å². The van der Waals surface area contributed by atoms with Crippen LogP contribution in [0.3, 0.4) is 0 Å². The van der Waals surface area contributed by atoms with Crippen LogP contribution >= 0.6 is 23.1 Å². The molecule has 27 heavy (non-hydrogen) atoms. The number of nitrogen functional groups attached to an aromatic ring is 1. The molecule has 2 atom stereocenters. The number of nitrogens with zero attached hydrogens (tertiary/aromatic N) is 3. The number of hydrogen-bond donors (Lipinski definition) is 3. The van der Waals surface area contributed by atoms with Crippen LogP contribution in [0.5, 0.6) is 0 Å². The molecule has 4 N–H and O–H groups in total. The van der Waals surface area contributed by atoms with E-state index in [1.165, 1.54) is 23.8 Å². The number of carbonyl (C=O) groups is 3. The van der Waals surface area contributed by atoms with Gasteiger partial charge in [-0.3, -0.25) is 14.5 Å². The number of anilines is 1. The van der Waals surface area contributed by atoms with Crippen molar-refractivity contribution in [3.8, 4) is 0 Å². The monoisotopic (exact) mass is 421 g/mol. The number of carboxylic acid groups (broad SMARTS) is 1. The number of oxime groups is 1. The first-order valence-corrected chi connectivity index (χ1v) is 9.29. The number of fused-ring (bicyclic) bond motifs is 1. The second-order valence-electron chi connectivity index (χ2n) is 5.49. The summed E-state index contributed by atoms with van der Waals surface area (Å²) in [5, 5.41) is 16.9. The van der Waals surface area contributed by atoms with Crippen molar-refractivity contribution in [3.63, 3.8) is 0 Å². The Kier molecular flexibility index (Phi) is 6.92. The van der Waals surface area contributed by atoms with E-state index >= 15 is 0 Å². The average molecular weight is 421 g/mol. The summed E-state index contributed by atoms with van der Waals surface area (Å²) >= 11 is 2.52. The summed E-state index contributed by atoms with van der Waals surface area (Å²) in [6.07, 6.45) is 0. The number of aromatic nitrogens is 1.